The fourth-order valence-corrected chi connectivity index (χ4v) is 3.65. The fraction of sp³-hybridized carbons (Fsp3) is 0.545. The molecule has 0 aromatic carbocycles. The lowest BCUT2D eigenvalue weighted by molar-refractivity contribution is -0.132. The standard InChI is InChI=1S/C22H34N2O4Si/c1-6-7-8-21-23-15-19(24(21)16-27-11-12-29(3,4)5)13-18(22(25)26)14-20-10-9-17(2)28-20/h9-10,13,15H,6-8,11-12,14,16H2,1-5H3,(H,25,26). The van der Waals surface area contributed by atoms with Crippen LogP contribution in [0.4, 0.5) is 0 Å². The summed E-state index contributed by atoms with van der Waals surface area (Å²) in [6, 6.07) is 4.75. The average molecular weight is 419 g/mol. The molecule has 0 unspecified atom stereocenters. The van der Waals surface area contributed by atoms with Gasteiger partial charge in [-0.15, -0.1) is 0 Å². The first kappa shape index (κ1) is 23.2. The topological polar surface area (TPSA) is 77.5 Å². The molecule has 1 N–H and O–H groups in total. The molecule has 160 valence electrons. The summed E-state index contributed by atoms with van der Waals surface area (Å²) in [7, 11) is -1.16. The average Bonchev–Trinajstić information content (AvgIpc) is 3.21. The lowest BCUT2D eigenvalue weighted by Crippen LogP contribution is -2.22. The molecule has 0 fully saturated rings. The van der Waals surface area contributed by atoms with Crippen LogP contribution in [0.25, 0.3) is 6.08 Å². The van der Waals surface area contributed by atoms with Gasteiger partial charge in [-0.3, -0.25) is 0 Å². The van der Waals surface area contributed by atoms with Crippen LogP contribution >= 0.6 is 0 Å². The van der Waals surface area contributed by atoms with Crippen molar-refractivity contribution in [3.05, 3.63) is 46.9 Å². The first-order chi connectivity index (χ1) is 13.7. The SMILES string of the molecule is CCCCc1ncc(C=C(Cc2ccc(C)o2)C(=O)O)n1COCC[Si](C)(C)C. The number of imidazole rings is 1. The van der Waals surface area contributed by atoms with Gasteiger partial charge in [0.15, 0.2) is 0 Å². The summed E-state index contributed by atoms with van der Waals surface area (Å²) in [5.41, 5.74) is 1.02. The number of carboxylic acid groups (broad SMARTS) is 1. The number of nitrogens with zero attached hydrogens (tertiary/aromatic N) is 2. The number of furan rings is 1. The zero-order chi connectivity index (χ0) is 21.4. The molecule has 2 aromatic rings. The normalized spacial score (nSPS) is 12.5. The first-order valence-corrected chi connectivity index (χ1v) is 14.0. The number of aliphatic carboxylic acids is 1. The maximum atomic E-state index is 11.8. The van der Waals surface area contributed by atoms with Gasteiger partial charge < -0.3 is 18.8 Å². The van der Waals surface area contributed by atoms with E-state index in [-0.39, 0.29) is 12.0 Å². The Morgan fingerprint density at radius 2 is 2.10 bits per heavy atom. The zero-order valence-corrected chi connectivity index (χ0v) is 19.3. The van der Waals surface area contributed by atoms with E-state index in [4.69, 9.17) is 9.15 Å². The van der Waals surface area contributed by atoms with Gasteiger partial charge in [0, 0.05) is 33.1 Å². The Labute approximate surface area is 174 Å². The van der Waals surface area contributed by atoms with Gasteiger partial charge in [-0.05, 0) is 37.6 Å². The van der Waals surface area contributed by atoms with Crippen molar-refractivity contribution < 1.29 is 19.1 Å². The van der Waals surface area contributed by atoms with Crippen LogP contribution < -0.4 is 0 Å². The van der Waals surface area contributed by atoms with E-state index in [1.165, 1.54) is 0 Å². The van der Waals surface area contributed by atoms with Gasteiger partial charge in [-0.1, -0.05) is 33.0 Å². The van der Waals surface area contributed by atoms with E-state index in [2.05, 4.69) is 31.5 Å². The molecule has 7 heteroatoms. The third kappa shape index (κ3) is 7.66. The molecule has 0 spiro atoms. The van der Waals surface area contributed by atoms with E-state index in [1.807, 2.05) is 23.6 Å². The predicted octanol–water partition coefficient (Wildman–Crippen LogP) is 5.15. The van der Waals surface area contributed by atoms with Crippen molar-refractivity contribution in [3.8, 4) is 0 Å². The molecule has 0 aliphatic rings. The molecular weight excluding hydrogens is 384 g/mol. The molecule has 0 radical (unpaired) electrons. The summed E-state index contributed by atoms with van der Waals surface area (Å²) < 4.78 is 13.5. The Bertz CT molecular complexity index is 830. The van der Waals surface area contributed by atoms with Crippen molar-refractivity contribution in [2.45, 2.75) is 71.9 Å². The number of aryl methyl sites for hydroxylation is 2. The number of carbonyl (C=O) groups is 1. The maximum absolute atomic E-state index is 11.8. The predicted molar refractivity (Wildman–Crippen MR) is 118 cm³/mol. The van der Waals surface area contributed by atoms with Crippen molar-refractivity contribution in [1.29, 1.82) is 0 Å². The van der Waals surface area contributed by atoms with E-state index >= 15 is 0 Å². The van der Waals surface area contributed by atoms with Crippen LogP contribution in [0.5, 0.6) is 0 Å². The van der Waals surface area contributed by atoms with Gasteiger partial charge in [0.05, 0.1) is 11.9 Å². The van der Waals surface area contributed by atoms with Gasteiger partial charge in [-0.2, -0.15) is 0 Å². The Kier molecular flexibility index (Phi) is 8.46. The highest BCUT2D eigenvalue weighted by atomic mass is 28.3. The summed E-state index contributed by atoms with van der Waals surface area (Å²) in [5, 5.41) is 9.68. The van der Waals surface area contributed by atoms with Crippen molar-refractivity contribution in [2.24, 2.45) is 0 Å². The van der Waals surface area contributed by atoms with E-state index in [9.17, 15) is 9.90 Å². The van der Waals surface area contributed by atoms with Crippen LogP contribution in [0.3, 0.4) is 0 Å². The summed E-state index contributed by atoms with van der Waals surface area (Å²) >= 11 is 0. The quantitative estimate of drug-likeness (QED) is 0.293. The van der Waals surface area contributed by atoms with Crippen LogP contribution in [-0.4, -0.2) is 35.3 Å². The minimum Gasteiger partial charge on any atom is -0.478 e. The van der Waals surface area contributed by atoms with Crippen LogP contribution in [-0.2, 0) is 29.1 Å². The second-order valence-electron chi connectivity index (χ2n) is 8.64. The second kappa shape index (κ2) is 10.6. The van der Waals surface area contributed by atoms with Crippen molar-refractivity contribution in [1.82, 2.24) is 9.55 Å². The second-order valence-corrected chi connectivity index (χ2v) is 14.3. The first-order valence-electron chi connectivity index (χ1n) is 10.3. The molecule has 0 saturated heterocycles. The highest BCUT2D eigenvalue weighted by molar-refractivity contribution is 6.76. The number of hydrogen-bond donors (Lipinski definition) is 1. The summed E-state index contributed by atoms with van der Waals surface area (Å²) in [5.74, 6) is 1.39. The van der Waals surface area contributed by atoms with Crippen molar-refractivity contribution >= 4 is 20.1 Å². The largest absolute Gasteiger partial charge is 0.478 e. The third-order valence-electron chi connectivity index (χ3n) is 4.70. The minimum atomic E-state index is -1.16. The molecule has 6 nitrogen and oxygen atoms in total. The highest BCUT2D eigenvalue weighted by Gasteiger charge is 2.16. The van der Waals surface area contributed by atoms with Crippen LogP contribution in [0.1, 0.15) is 42.8 Å². The number of unbranched alkanes of at least 4 members (excludes halogenated alkanes) is 1. The number of hydrogen-bond acceptors (Lipinski definition) is 4. The maximum Gasteiger partial charge on any atom is 0.332 e. The number of ether oxygens (including phenoxy) is 1. The highest BCUT2D eigenvalue weighted by Crippen LogP contribution is 2.18. The van der Waals surface area contributed by atoms with E-state index in [1.54, 1.807) is 12.3 Å². The molecule has 2 aromatic heterocycles. The minimum absolute atomic E-state index is 0.231. The molecular formula is C22H34N2O4Si. The molecule has 0 aliphatic heterocycles. The molecule has 0 bridgehead atoms. The van der Waals surface area contributed by atoms with Gasteiger partial charge in [0.25, 0.3) is 0 Å². The molecule has 0 atom stereocenters. The summed E-state index contributed by atoms with van der Waals surface area (Å²) in [6.07, 6.45) is 6.61. The molecule has 0 saturated carbocycles. The van der Waals surface area contributed by atoms with Gasteiger partial charge >= 0.3 is 5.97 Å². The summed E-state index contributed by atoms with van der Waals surface area (Å²) in [4.78, 5) is 16.3. The molecule has 2 heterocycles. The lowest BCUT2D eigenvalue weighted by Gasteiger charge is -2.17. The Hall–Kier alpha value is -2.12. The van der Waals surface area contributed by atoms with Crippen molar-refractivity contribution in [2.75, 3.05) is 6.61 Å². The number of aromatic nitrogens is 2. The Morgan fingerprint density at radius 3 is 2.69 bits per heavy atom. The molecule has 0 amide bonds. The monoisotopic (exact) mass is 418 g/mol. The zero-order valence-electron chi connectivity index (χ0n) is 18.3. The number of carboxylic acids is 1. The van der Waals surface area contributed by atoms with Gasteiger partial charge in [-0.25, -0.2) is 9.78 Å². The summed E-state index contributed by atoms with van der Waals surface area (Å²) in [6.45, 7) is 12.1. The molecule has 29 heavy (non-hydrogen) atoms. The number of rotatable bonds is 12. The smallest absolute Gasteiger partial charge is 0.332 e. The van der Waals surface area contributed by atoms with E-state index in [0.717, 1.165) is 42.6 Å². The molecule has 0 aliphatic carbocycles. The van der Waals surface area contributed by atoms with Gasteiger partial charge in [0.1, 0.15) is 24.1 Å². The van der Waals surface area contributed by atoms with Crippen LogP contribution in [0.2, 0.25) is 25.7 Å². The van der Waals surface area contributed by atoms with E-state index < -0.39 is 14.0 Å². The lowest BCUT2D eigenvalue weighted by atomic mass is 10.1. The van der Waals surface area contributed by atoms with Crippen LogP contribution in [0, 0.1) is 6.92 Å². The van der Waals surface area contributed by atoms with E-state index in [0.29, 0.717) is 19.1 Å². The Morgan fingerprint density at radius 1 is 1.34 bits per heavy atom. The fourth-order valence-electron chi connectivity index (χ4n) is 2.90. The third-order valence-corrected chi connectivity index (χ3v) is 6.40. The molecule has 2 rings (SSSR count). The van der Waals surface area contributed by atoms with Crippen LogP contribution in [0.15, 0.2) is 28.3 Å². The van der Waals surface area contributed by atoms with Gasteiger partial charge in [0.2, 0.25) is 0 Å². The van der Waals surface area contributed by atoms with Crippen molar-refractivity contribution in [3.63, 3.8) is 0 Å². The Balaban J connectivity index is 2.22.